The number of nitrogens with zero attached hydrogens (tertiary/aromatic N) is 3. The highest BCUT2D eigenvalue weighted by atomic mass is 32.1. The minimum atomic E-state index is -0.696. The fourth-order valence-electron chi connectivity index (χ4n) is 1.93. The zero-order valence-electron chi connectivity index (χ0n) is 12.5. The Balaban J connectivity index is 1.70. The Kier molecular flexibility index (Phi) is 4.57. The van der Waals surface area contributed by atoms with E-state index >= 15 is 0 Å². The van der Waals surface area contributed by atoms with Gasteiger partial charge in [-0.2, -0.15) is 0 Å². The van der Waals surface area contributed by atoms with E-state index in [0.29, 0.717) is 10.7 Å². The van der Waals surface area contributed by atoms with Crippen molar-refractivity contribution in [3.63, 3.8) is 0 Å². The van der Waals surface area contributed by atoms with Crippen molar-refractivity contribution in [1.29, 1.82) is 0 Å². The summed E-state index contributed by atoms with van der Waals surface area (Å²) in [4.78, 5) is 23.8. The standard InChI is InChI=1S/C16H11F2N3O2S/c1-9-5-20-12(6-19-9)16(22)23-7-14-21-13(8-24-14)15-10(17)3-2-4-11(15)18/h2-6,8H,7H2,1H3. The summed E-state index contributed by atoms with van der Waals surface area (Å²) in [5.74, 6) is -2.03. The van der Waals surface area contributed by atoms with E-state index in [1.165, 1.54) is 23.8 Å². The van der Waals surface area contributed by atoms with Gasteiger partial charge in [0.15, 0.2) is 5.69 Å². The Morgan fingerprint density at radius 1 is 1.21 bits per heavy atom. The van der Waals surface area contributed by atoms with Crippen molar-refractivity contribution in [2.75, 3.05) is 0 Å². The van der Waals surface area contributed by atoms with Crippen LogP contribution in [0.25, 0.3) is 11.3 Å². The molecule has 0 aliphatic carbocycles. The van der Waals surface area contributed by atoms with Gasteiger partial charge in [0, 0.05) is 11.6 Å². The van der Waals surface area contributed by atoms with Crippen LogP contribution >= 0.6 is 11.3 Å². The molecule has 3 aromatic rings. The molecule has 0 spiro atoms. The SMILES string of the molecule is Cc1cnc(C(=O)OCc2nc(-c3c(F)cccc3F)cs2)cn1. The molecule has 0 N–H and O–H groups in total. The monoisotopic (exact) mass is 347 g/mol. The van der Waals surface area contributed by atoms with E-state index in [2.05, 4.69) is 15.0 Å². The minimum absolute atomic E-state index is 0.0810. The number of esters is 1. The molecule has 0 atom stereocenters. The third-order valence-electron chi connectivity index (χ3n) is 3.09. The van der Waals surface area contributed by atoms with Crippen molar-refractivity contribution in [2.45, 2.75) is 13.5 Å². The number of hydrogen-bond donors (Lipinski definition) is 0. The number of carbonyl (C=O) groups excluding carboxylic acids is 1. The second-order valence-electron chi connectivity index (χ2n) is 4.84. The van der Waals surface area contributed by atoms with Crippen molar-refractivity contribution in [3.8, 4) is 11.3 Å². The molecule has 0 fully saturated rings. The second kappa shape index (κ2) is 6.79. The molecule has 0 saturated carbocycles. The maximum atomic E-state index is 13.7. The Labute approximate surface area is 140 Å². The molecule has 2 aromatic heterocycles. The molecule has 3 rings (SSSR count). The van der Waals surface area contributed by atoms with E-state index in [-0.39, 0.29) is 23.6 Å². The molecule has 0 radical (unpaired) electrons. The average Bonchev–Trinajstić information content (AvgIpc) is 3.02. The van der Waals surface area contributed by atoms with Crippen molar-refractivity contribution >= 4 is 17.3 Å². The molecule has 24 heavy (non-hydrogen) atoms. The molecule has 1 aromatic carbocycles. The quantitative estimate of drug-likeness (QED) is 0.676. The predicted molar refractivity (Wildman–Crippen MR) is 83.4 cm³/mol. The van der Waals surface area contributed by atoms with Gasteiger partial charge in [-0.15, -0.1) is 11.3 Å². The van der Waals surface area contributed by atoms with Crippen LogP contribution in [0.2, 0.25) is 0 Å². The molecule has 2 heterocycles. The molecule has 8 heteroatoms. The van der Waals surface area contributed by atoms with Crippen LogP contribution in [0, 0.1) is 18.6 Å². The molecule has 0 amide bonds. The molecule has 5 nitrogen and oxygen atoms in total. The minimum Gasteiger partial charge on any atom is -0.454 e. The van der Waals surface area contributed by atoms with Crippen molar-refractivity contribution < 1.29 is 18.3 Å². The summed E-state index contributed by atoms with van der Waals surface area (Å²) in [6, 6.07) is 3.60. The van der Waals surface area contributed by atoms with Crippen molar-refractivity contribution in [2.24, 2.45) is 0 Å². The summed E-state index contributed by atoms with van der Waals surface area (Å²) < 4.78 is 32.6. The first-order chi connectivity index (χ1) is 11.5. The van der Waals surface area contributed by atoms with Gasteiger partial charge in [0.25, 0.3) is 0 Å². The van der Waals surface area contributed by atoms with Crippen molar-refractivity contribution in [1.82, 2.24) is 15.0 Å². The maximum absolute atomic E-state index is 13.7. The first-order valence-electron chi connectivity index (χ1n) is 6.89. The third kappa shape index (κ3) is 3.43. The smallest absolute Gasteiger partial charge is 0.358 e. The number of ether oxygens (including phenoxy) is 1. The molecule has 0 unspecified atom stereocenters. The Bertz CT molecular complexity index is 861. The van der Waals surface area contributed by atoms with Gasteiger partial charge in [0.05, 0.1) is 23.1 Å². The highest BCUT2D eigenvalue weighted by Crippen LogP contribution is 2.27. The molecular formula is C16H11F2N3O2S. The fraction of sp³-hybridized carbons (Fsp3) is 0.125. The molecule has 0 bridgehead atoms. The highest BCUT2D eigenvalue weighted by molar-refractivity contribution is 7.09. The number of carbonyl (C=O) groups is 1. The van der Waals surface area contributed by atoms with Gasteiger partial charge < -0.3 is 4.74 Å². The lowest BCUT2D eigenvalue weighted by Gasteiger charge is -2.02. The average molecular weight is 347 g/mol. The summed E-state index contributed by atoms with van der Waals surface area (Å²) in [7, 11) is 0. The lowest BCUT2D eigenvalue weighted by molar-refractivity contribution is 0.0465. The normalized spacial score (nSPS) is 10.6. The van der Waals surface area contributed by atoms with Gasteiger partial charge in [-0.1, -0.05) is 6.07 Å². The zero-order valence-corrected chi connectivity index (χ0v) is 13.3. The number of rotatable bonds is 4. The third-order valence-corrected chi connectivity index (χ3v) is 3.91. The van der Waals surface area contributed by atoms with Gasteiger partial charge in [-0.25, -0.2) is 23.5 Å². The van der Waals surface area contributed by atoms with Crippen LogP contribution in [0.3, 0.4) is 0 Å². The van der Waals surface area contributed by atoms with Crippen molar-refractivity contribution in [3.05, 3.63) is 64.0 Å². The molecule has 122 valence electrons. The van der Waals surface area contributed by atoms with Gasteiger partial charge in [0.1, 0.15) is 23.2 Å². The van der Waals surface area contributed by atoms with Gasteiger partial charge in [-0.3, -0.25) is 4.98 Å². The fourth-order valence-corrected chi connectivity index (χ4v) is 2.63. The number of thiazole rings is 1. The number of hydrogen-bond acceptors (Lipinski definition) is 6. The van der Waals surface area contributed by atoms with Crippen LogP contribution in [0.15, 0.2) is 36.0 Å². The molecule has 0 aliphatic rings. The molecular weight excluding hydrogens is 336 g/mol. The van der Waals surface area contributed by atoms with Crippen LogP contribution in [0.5, 0.6) is 0 Å². The van der Waals surface area contributed by atoms with E-state index in [4.69, 9.17) is 4.74 Å². The second-order valence-corrected chi connectivity index (χ2v) is 5.78. The van der Waals surface area contributed by atoms with Crippen LogP contribution in [-0.2, 0) is 11.3 Å². The summed E-state index contributed by atoms with van der Waals surface area (Å²) in [6.45, 7) is 1.64. The topological polar surface area (TPSA) is 65.0 Å². The first kappa shape index (κ1) is 16.1. The Morgan fingerprint density at radius 3 is 2.62 bits per heavy atom. The first-order valence-corrected chi connectivity index (χ1v) is 7.77. The summed E-state index contributed by atoms with van der Waals surface area (Å²) >= 11 is 1.14. The van der Waals surface area contributed by atoms with E-state index in [9.17, 15) is 13.6 Å². The predicted octanol–water partition coefficient (Wildman–Crippen LogP) is 3.54. The number of benzene rings is 1. The summed E-state index contributed by atoms with van der Waals surface area (Å²) in [5, 5.41) is 1.93. The van der Waals surface area contributed by atoms with E-state index in [0.717, 1.165) is 23.5 Å². The molecule has 0 saturated heterocycles. The molecule has 0 aliphatic heterocycles. The van der Waals surface area contributed by atoms with Crippen LogP contribution in [0.1, 0.15) is 21.2 Å². The van der Waals surface area contributed by atoms with Gasteiger partial charge in [0.2, 0.25) is 0 Å². The Morgan fingerprint density at radius 2 is 1.96 bits per heavy atom. The summed E-state index contributed by atoms with van der Waals surface area (Å²) in [5.41, 5.74) is 0.730. The zero-order chi connectivity index (χ0) is 17.1. The summed E-state index contributed by atoms with van der Waals surface area (Å²) in [6.07, 6.45) is 2.78. The van der Waals surface area contributed by atoms with Crippen LogP contribution in [0.4, 0.5) is 8.78 Å². The highest BCUT2D eigenvalue weighted by Gasteiger charge is 2.16. The lowest BCUT2D eigenvalue weighted by Crippen LogP contribution is -2.08. The largest absolute Gasteiger partial charge is 0.454 e. The number of aromatic nitrogens is 3. The Hall–Kier alpha value is -2.74. The number of halogens is 2. The van der Waals surface area contributed by atoms with Gasteiger partial charge >= 0.3 is 5.97 Å². The van der Waals surface area contributed by atoms with E-state index in [1.807, 2.05) is 0 Å². The van der Waals surface area contributed by atoms with Gasteiger partial charge in [-0.05, 0) is 19.1 Å². The maximum Gasteiger partial charge on any atom is 0.358 e. The number of aryl methyl sites for hydroxylation is 1. The van der Waals surface area contributed by atoms with E-state index in [1.54, 1.807) is 6.92 Å². The van der Waals surface area contributed by atoms with E-state index < -0.39 is 17.6 Å². The van der Waals surface area contributed by atoms with Crippen LogP contribution < -0.4 is 0 Å². The van der Waals surface area contributed by atoms with Crippen LogP contribution in [-0.4, -0.2) is 20.9 Å². The lowest BCUT2D eigenvalue weighted by atomic mass is 10.1.